The molecule has 20 heavy (non-hydrogen) atoms. The summed E-state index contributed by atoms with van der Waals surface area (Å²) in [4.78, 5) is 12.2. The highest BCUT2D eigenvalue weighted by Crippen LogP contribution is 2.23. The summed E-state index contributed by atoms with van der Waals surface area (Å²) in [5.74, 6) is -0.689. The summed E-state index contributed by atoms with van der Waals surface area (Å²) in [6.45, 7) is 0. The van der Waals surface area contributed by atoms with Crippen LogP contribution in [0.2, 0.25) is 0 Å². The molecule has 0 radical (unpaired) electrons. The maximum Gasteiger partial charge on any atom is 0.255 e. The number of hydrogen-bond donors (Lipinski definition) is 2. The number of benzene rings is 2. The second-order valence-corrected chi connectivity index (χ2v) is 5.03. The molecule has 0 spiro atoms. The van der Waals surface area contributed by atoms with Crippen LogP contribution in [0.5, 0.6) is 0 Å². The quantitative estimate of drug-likeness (QED) is 0.824. The van der Waals surface area contributed by atoms with Gasteiger partial charge in [-0.15, -0.1) is 0 Å². The van der Waals surface area contributed by atoms with E-state index < -0.39 is 5.82 Å². The van der Waals surface area contributed by atoms with E-state index in [0.29, 0.717) is 11.3 Å². The van der Waals surface area contributed by atoms with Crippen LogP contribution in [0.3, 0.4) is 0 Å². The minimum atomic E-state index is -0.486. The Bertz CT molecular complexity index is 682. The van der Waals surface area contributed by atoms with Gasteiger partial charge in [0.1, 0.15) is 5.82 Å². The first-order chi connectivity index (χ1) is 9.63. The van der Waals surface area contributed by atoms with Gasteiger partial charge >= 0.3 is 0 Å². The fraction of sp³-hybridized carbons (Fsp3) is 0.188. The fourth-order valence-corrected chi connectivity index (χ4v) is 2.54. The second-order valence-electron chi connectivity index (χ2n) is 5.03. The Morgan fingerprint density at radius 1 is 1.10 bits per heavy atom. The van der Waals surface area contributed by atoms with Gasteiger partial charge in [-0.1, -0.05) is 6.07 Å². The lowest BCUT2D eigenvalue weighted by molar-refractivity contribution is 0.102. The number of fused-ring (bicyclic) bond motifs is 1. The molecular formula is C16H15FN2O. The SMILES string of the molecule is Nc1cc(NC(=O)c2ccc3c(c2)CCC3)ccc1F. The van der Waals surface area contributed by atoms with E-state index >= 15 is 0 Å². The molecule has 1 aliphatic carbocycles. The number of amides is 1. The Balaban J connectivity index is 1.80. The molecule has 0 saturated carbocycles. The first-order valence-corrected chi connectivity index (χ1v) is 6.61. The summed E-state index contributed by atoms with van der Waals surface area (Å²) in [6, 6.07) is 9.93. The number of rotatable bonds is 2. The summed E-state index contributed by atoms with van der Waals surface area (Å²) in [7, 11) is 0. The van der Waals surface area contributed by atoms with Crippen LogP contribution >= 0.6 is 0 Å². The Hall–Kier alpha value is -2.36. The number of anilines is 2. The summed E-state index contributed by atoms with van der Waals surface area (Å²) >= 11 is 0. The molecule has 3 rings (SSSR count). The molecule has 3 nitrogen and oxygen atoms in total. The molecule has 0 bridgehead atoms. The lowest BCUT2D eigenvalue weighted by Gasteiger charge is -2.08. The summed E-state index contributed by atoms with van der Waals surface area (Å²) in [5, 5.41) is 2.73. The first-order valence-electron chi connectivity index (χ1n) is 6.61. The van der Waals surface area contributed by atoms with E-state index in [-0.39, 0.29) is 11.6 Å². The summed E-state index contributed by atoms with van der Waals surface area (Å²) in [6.07, 6.45) is 3.26. The molecule has 2 aromatic carbocycles. The molecule has 0 atom stereocenters. The standard InChI is InChI=1S/C16H15FN2O/c17-14-7-6-13(9-15(14)18)19-16(20)12-5-4-10-2-1-3-11(10)8-12/h4-9H,1-3,18H2,(H,19,20). The minimum absolute atomic E-state index is 0.0248. The smallest absolute Gasteiger partial charge is 0.255 e. The van der Waals surface area contributed by atoms with Crippen molar-refractivity contribution >= 4 is 17.3 Å². The van der Waals surface area contributed by atoms with Gasteiger partial charge in [-0.25, -0.2) is 4.39 Å². The molecule has 1 aliphatic rings. The third-order valence-electron chi connectivity index (χ3n) is 3.61. The maximum absolute atomic E-state index is 13.1. The number of halogens is 1. The zero-order chi connectivity index (χ0) is 14.1. The predicted octanol–water partition coefficient (Wildman–Crippen LogP) is 3.15. The van der Waals surface area contributed by atoms with Crippen molar-refractivity contribution in [1.82, 2.24) is 0 Å². The average Bonchev–Trinajstić information content (AvgIpc) is 2.90. The number of carbonyl (C=O) groups is 1. The molecule has 0 saturated heterocycles. The van der Waals surface area contributed by atoms with E-state index in [9.17, 15) is 9.18 Å². The van der Waals surface area contributed by atoms with Crippen molar-refractivity contribution in [2.24, 2.45) is 0 Å². The Morgan fingerprint density at radius 3 is 2.70 bits per heavy atom. The van der Waals surface area contributed by atoms with E-state index in [2.05, 4.69) is 5.32 Å². The van der Waals surface area contributed by atoms with E-state index in [1.165, 1.54) is 29.3 Å². The lowest BCUT2D eigenvalue weighted by atomic mass is 10.1. The average molecular weight is 270 g/mol. The van der Waals surface area contributed by atoms with Crippen molar-refractivity contribution in [3.05, 3.63) is 58.9 Å². The number of nitrogens with two attached hydrogens (primary N) is 1. The van der Waals surface area contributed by atoms with Crippen LogP contribution in [0.4, 0.5) is 15.8 Å². The van der Waals surface area contributed by atoms with Crippen molar-refractivity contribution in [1.29, 1.82) is 0 Å². The second kappa shape index (κ2) is 4.96. The van der Waals surface area contributed by atoms with Crippen molar-refractivity contribution in [2.75, 3.05) is 11.1 Å². The van der Waals surface area contributed by atoms with Crippen LogP contribution < -0.4 is 11.1 Å². The number of carbonyl (C=O) groups excluding carboxylic acids is 1. The van der Waals surface area contributed by atoms with Gasteiger partial charge in [0.2, 0.25) is 0 Å². The van der Waals surface area contributed by atoms with Crippen molar-refractivity contribution < 1.29 is 9.18 Å². The normalized spacial score (nSPS) is 13.1. The molecule has 102 valence electrons. The maximum atomic E-state index is 13.1. The first kappa shape index (κ1) is 12.7. The van der Waals surface area contributed by atoms with Crippen LogP contribution in [-0.2, 0) is 12.8 Å². The number of hydrogen-bond acceptors (Lipinski definition) is 2. The Morgan fingerprint density at radius 2 is 1.90 bits per heavy atom. The zero-order valence-corrected chi connectivity index (χ0v) is 10.9. The van der Waals surface area contributed by atoms with Gasteiger partial charge in [0.25, 0.3) is 5.91 Å². The number of aryl methyl sites for hydroxylation is 2. The highest BCUT2D eigenvalue weighted by atomic mass is 19.1. The third-order valence-corrected chi connectivity index (χ3v) is 3.61. The van der Waals surface area contributed by atoms with Gasteiger partial charge in [0.15, 0.2) is 0 Å². The van der Waals surface area contributed by atoms with Gasteiger partial charge < -0.3 is 11.1 Å². The van der Waals surface area contributed by atoms with Gasteiger partial charge in [-0.2, -0.15) is 0 Å². The third kappa shape index (κ3) is 2.37. The van der Waals surface area contributed by atoms with E-state index in [1.807, 2.05) is 18.2 Å². The van der Waals surface area contributed by atoms with Gasteiger partial charge in [-0.3, -0.25) is 4.79 Å². The molecule has 0 unspecified atom stereocenters. The van der Waals surface area contributed by atoms with Gasteiger partial charge in [-0.05, 0) is 60.7 Å². The van der Waals surface area contributed by atoms with Crippen molar-refractivity contribution in [3.63, 3.8) is 0 Å². The predicted molar refractivity (Wildman–Crippen MR) is 77.2 cm³/mol. The molecule has 0 aliphatic heterocycles. The Kier molecular flexibility index (Phi) is 3.14. The van der Waals surface area contributed by atoms with E-state index in [4.69, 9.17) is 5.73 Å². The molecule has 0 aromatic heterocycles. The highest BCUT2D eigenvalue weighted by Gasteiger charge is 2.14. The van der Waals surface area contributed by atoms with Crippen LogP contribution in [0, 0.1) is 5.82 Å². The van der Waals surface area contributed by atoms with Crippen LogP contribution in [0.25, 0.3) is 0 Å². The summed E-state index contributed by atoms with van der Waals surface area (Å²) in [5.41, 5.74) is 9.19. The molecular weight excluding hydrogens is 255 g/mol. The highest BCUT2D eigenvalue weighted by molar-refractivity contribution is 6.04. The largest absolute Gasteiger partial charge is 0.396 e. The lowest BCUT2D eigenvalue weighted by Crippen LogP contribution is -2.12. The topological polar surface area (TPSA) is 55.1 Å². The van der Waals surface area contributed by atoms with E-state index in [1.54, 1.807) is 0 Å². The monoisotopic (exact) mass is 270 g/mol. The van der Waals surface area contributed by atoms with Crippen LogP contribution in [0.1, 0.15) is 27.9 Å². The number of nitrogen functional groups attached to an aromatic ring is 1. The van der Waals surface area contributed by atoms with Crippen molar-refractivity contribution in [2.45, 2.75) is 19.3 Å². The fourth-order valence-electron chi connectivity index (χ4n) is 2.54. The molecule has 2 aromatic rings. The number of nitrogens with one attached hydrogen (secondary N) is 1. The van der Waals surface area contributed by atoms with Crippen LogP contribution in [0.15, 0.2) is 36.4 Å². The summed E-state index contributed by atoms with van der Waals surface area (Å²) < 4.78 is 13.1. The van der Waals surface area contributed by atoms with Gasteiger partial charge in [0, 0.05) is 11.3 Å². The molecule has 1 amide bonds. The zero-order valence-electron chi connectivity index (χ0n) is 10.9. The van der Waals surface area contributed by atoms with E-state index in [0.717, 1.165) is 19.3 Å². The Labute approximate surface area is 116 Å². The van der Waals surface area contributed by atoms with Gasteiger partial charge in [0.05, 0.1) is 5.69 Å². The van der Waals surface area contributed by atoms with Crippen LogP contribution in [-0.4, -0.2) is 5.91 Å². The molecule has 0 fully saturated rings. The molecule has 0 heterocycles. The van der Waals surface area contributed by atoms with Crippen molar-refractivity contribution in [3.8, 4) is 0 Å². The minimum Gasteiger partial charge on any atom is -0.396 e. The molecule has 4 heteroatoms. The molecule has 3 N–H and O–H groups in total.